The first-order valence-electron chi connectivity index (χ1n) is 7.40. The summed E-state index contributed by atoms with van der Waals surface area (Å²) in [7, 11) is 0. The fraction of sp³-hybridized carbons (Fsp3) is 0.312. The lowest BCUT2D eigenvalue weighted by Gasteiger charge is -2.02. The lowest BCUT2D eigenvalue weighted by atomic mass is 10.2. The topological polar surface area (TPSA) is 71.1 Å². The van der Waals surface area contributed by atoms with E-state index < -0.39 is 0 Å². The van der Waals surface area contributed by atoms with Crippen LogP contribution in [0.25, 0.3) is 0 Å². The molecule has 0 saturated heterocycles. The number of thiazole rings is 1. The number of carbonyl (C=O) groups excluding carboxylic acids is 2. The Kier molecular flexibility index (Phi) is 6.55. The summed E-state index contributed by atoms with van der Waals surface area (Å²) in [5, 5.41) is 8.08. The van der Waals surface area contributed by atoms with E-state index in [-0.39, 0.29) is 11.8 Å². The molecule has 0 saturated carbocycles. The normalized spacial score (nSPS) is 10.3. The van der Waals surface area contributed by atoms with Crippen LogP contribution in [0.2, 0.25) is 5.02 Å². The van der Waals surface area contributed by atoms with Gasteiger partial charge in [0.15, 0.2) is 5.13 Å². The maximum atomic E-state index is 12.1. The third-order valence-electron chi connectivity index (χ3n) is 3.13. The monoisotopic (exact) mass is 351 g/mol. The van der Waals surface area contributed by atoms with Crippen molar-refractivity contribution in [3.63, 3.8) is 0 Å². The number of unbranched alkanes of at least 4 members (excludes halogenated alkanes) is 2. The van der Waals surface area contributed by atoms with E-state index >= 15 is 0 Å². The zero-order chi connectivity index (χ0) is 16.7. The van der Waals surface area contributed by atoms with E-state index in [1.165, 1.54) is 11.3 Å². The van der Waals surface area contributed by atoms with Gasteiger partial charge in [0.2, 0.25) is 0 Å². The van der Waals surface area contributed by atoms with E-state index in [0.29, 0.717) is 28.0 Å². The van der Waals surface area contributed by atoms with Crippen LogP contribution < -0.4 is 10.6 Å². The summed E-state index contributed by atoms with van der Waals surface area (Å²) in [4.78, 5) is 28.1. The van der Waals surface area contributed by atoms with Crippen LogP contribution in [0.4, 0.5) is 5.13 Å². The van der Waals surface area contributed by atoms with E-state index in [0.717, 1.165) is 19.3 Å². The predicted molar refractivity (Wildman–Crippen MR) is 93.4 cm³/mol. The van der Waals surface area contributed by atoms with Crippen LogP contribution in [-0.2, 0) is 0 Å². The van der Waals surface area contributed by atoms with Crippen LogP contribution in [0.3, 0.4) is 0 Å². The van der Waals surface area contributed by atoms with E-state index in [2.05, 4.69) is 22.5 Å². The summed E-state index contributed by atoms with van der Waals surface area (Å²) in [6.45, 7) is 2.74. The quantitative estimate of drug-likeness (QED) is 0.741. The number of hydrogen-bond donors (Lipinski definition) is 2. The summed E-state index contributed by atoms with van der Waals surface area (Å²) in [6.07, 6.45) is 3.14. The molecule has 23 heavy (non-hydrogen) atoms. The number of nitrogens with one attached hydrogen (secondary N) is 2. The Morgan fingerprint density at radius 3 is 2.61 bits per heavy atom. The Labute approximate surface area is 144 Å². The smallest absolute Gasteiger partial charge is 0.270 e. The van der Waals surface area contributed by atoms with Gasteiger partial charge in [0.1, 0.15) is 5.69 Å². The van der Waals surface area contributed by atoms with Crippen LogP contribution in [-0.4, -0.2) is 23.3 Å². The van der Waals surface area contributed by atoms with Crippen LogP contribution in [0.5, 0.6) is 0 Å². The maximum Gasteiger partial charge on any atom is 0.270 e. The van der Waals surface area contributed by atoms with Crippen molar-refractivity contribution in [1.29, 1.82) is 0 Å². The molecule has 0 spiro atoms. The second-order valence-corrected chi connectivity index (χ2v) is 6.26. The molecular formula is C16H18ClN3O2S. The molecule has 1 aromatic heterocycles. The number of amides is 2. The first-order valence-corrected chi connectivity index (χ1v) is 8.66. The Hall–Kier alpha value is -1.92. The molecule has 0 aliphatic carbocycles. The van der Waals surface area contributed by atoms with Gasteiger partial charge < -0.3 is 5.32 Å². The highest BCUT2D eigenvalue weighted by Gasteiger charge is 2.13. The van der Waals surface area contributed by atoms with Gasteiger partial charge in [-0.15, -0.1) is 11.3 Å². The Balaban J connectivity index is 1.90. The molecule has 0 atom stereocenters. The number of rotatable bonds is 7. The van der Waals surface area contributed by atoms with Gasteiger partial charge in [0.25, 0.3) is 11.8 Å². The van der Waals surface area contributed by atoms with Crippen molar-refractivity contribution in [3.05, 3.63) is 45.9 Å². The van der Waals surface area contributed by atoms with Gasteiger partial charge in [-0.25, -0.2) is 4.98 Å². The molecule has 122 valence electrons. The number of halogens is 1. The Bertz CT molecular complexity index is 670. The van der Waals surface area contributed by atoms with Gasteiger partial charge in [0.05, 0.1) is 0 Å². The minimum absolute atomic E-state index is 0.218. The van der Waals surface area contributed by atoms with Crippen LogP contribution in [0.15, 0.2) is 29.6 Å². The molecule has 7 heteroatoms. The second kappa shape index (κ2) is 8.64. The molecule has 2 rings (SSSR count). The summed E-state index contributed by atoms with van der Waals surface area (Å²) in [5.74, 6) is -0.504. The third-order valence-corrected chi connectivity index (χ3v) is 4.14. The number of carbonyl (C=O) groups is 2. The van der Waals surface area contributed by atoms with Crippen LogP contribution >= 0.6 is 22.9 Å². The molecule has 0 fully saturated rings. The number of hydrogen-bond acceptors (Lipinski definition) is 4. The molecule has 0 bridgehead atoms. The third kappa shape index (κ3) is 5.33. The summed E-state index contributed by atoms with van der Waals surface area (Å²) in [5.41, 5.74) is 0.799. The summed E-state index contributed by atoms with van der Waals surface area (Å²) >= 11 is 7.01. The van der Waals surface area contributed by atoms with E-state index in [4.69, 9.17) is 11.6 Å². The molecule has 0 radical (unpaired) electrons. The zero-order valence-corrected chi connectivity index (χ0v) is 14.3. The highest BCUT2D eigenvalue weighted by molar-refractivity contribution is 7.14. The van der Waals surface area contributed by atoms with Crippen LogP contribution in [0.1, 0.15) is 47.0 Å². The molecule has 2 amide bonds. The van der Waals surface area contributed by atoms with Crippen molar-refractivity contribution in [2.75, 3.05) is 11.9 Å². The van der Waals surface area contributed by atoms with Crippen molar-refractivity contribution in [1.82, 2.24) is 10.3 Å². The molecule has 0 unspecified atom stereocenters. The van der Waals surface area contributed by atoms with E-state index in [9.17, 15) is 9.59 Å². The summed E-state index contributed by atoms with van der Waals surface area (Å²) < 4.78 is 0. The number of nitrogens with zero attached hydrogens (tertiary/aromatic N) is 1. The van der Waals surface area contributed by atoms with Gasteiger partial charge in [-0.3, -0.25) is 14.9 Å². The van der Waals surface area contributed by atoms with E-state index in [1.54, 1.807) is 29.6 Å². The molecule has 1 aromatic carbocycles. The fourth-order valence-electron chi connectivity index (χ4n) is 1.87. The average Bonchev–Trinajstić information content (AvgIpc) is 3.00. The van der Waals surface area contributed by atoms with Gasteiger partial charge in [-0.2, -0.15) is 0 Å². The molecule has 1 heterocycles. The number of aromatic nitrogens is 1. The fourth-order valence-corrected chi connectivity index (χ4v) is 2.69. The second-order valence-electron chi connectivity index (χ2n) is 4.96. The summed E-state index contributed by atoms with van der Waals surface area (Å²) in [6, 6.07) is 6.56. The zero-order valence-electron chi connectivity index (χ0n) is 12.8. The minimum atomic E-state index is -0.286. The minimum Gasteiger partial charge on any atom is -0.351 e. The van der Waals surface area contributed by atoms with Crippen molar-refractivity contribution in [2.24, 2.45) is 0 Å². The van der Waals surface area contributed by atoms with Gasteiger partial charge in [-0.1, -0.05) is 31.4 Å². The average molecular weight is 352 g/mol. The van der Waals surface area contributed by atoms with Crippen molar-refractivity contribution in [2.45, 2.75) is 26.2 Å². The number of benzene rings is 1. The van der Waals surface area contributed by atoms with Gasteiger partial charge in [0, 0.05) is 22.5 Å². The molecule has 0 aliphatic heterocycles. The Morgan fingerprint density at radius 2 is 1.91 bits per heavy atom. The SMILES string of the molecule is CCCCCNC(=O)c1csc(NC(=O)c2ccc(Cl)cc2)n1. The van der Waals surface area contributed by atoms with Gasteiger partial charge >= 0.3 is 0 Å². The molecule has 5 nitrogen and oxygen atoms in total. The first-order chi connectivity index (χ1) is 11.1. The van der Waals surface area contributed by atoms with Crippen molar-refractivity contribution < 1.29 is 9.59 Å². The van der Waals surface area contributed by atoms with Crippen molar-refractivity contribution in [3.8, 4) is 0 Å². The predicted octanol–water partition coefficient (Wildman–Crippen LogP) is 3.97. The highest BCUT2D eigenvalue weighted by Crippen LogP contribution is 2.17. The number of anilines is 1. The standard InChI is InChI=1S/C16H18ClN3O2S/c1-2-3-4-9-18-15(22)13-10-23-16(19-13)20-14(21)11-5-7-12(17)8-6-11/h5-8,10H,2-4,9H2,1H3,(H,18,22)(H,19,20,21). The Morgan fingerprint density at radius 1 is 1.17 bits per heavy atom. The lowest BCUT2D eigenvalue weighted by Crippen LogP contribution is -2.24. The highest BCUT2D eigenvalue weighted by atomic mass is 35.5. The molecule has 0 aliphatic rings. The molecule has 2 N–H and O–H groups in total. The van der Waals surface area contributed by atoms with Crippen molar-refractivity contribution >= 4 is 39.9 Å². The molecular weight excluding hydrogens is 334 g/mol. The van der Waals surface area contributed by atoms with E-state index in [1.807, 2.05) is 0 Å². The molecule has 2 aromatic rings. The van der Waals surface area contributed by atoms with Gasteiger partial charge in [-0.05, 0) is 30.7 Å². The first kappa shape index (κ1) is 17.4. The maximum absolute atomic E-state index is 12.1. The lowest BCUT2D eigenvalue weighted by molar-refractivity contribution is 0.0947. The largest absolute Gasteiger partial charge is 0.351 e. The van der Waals surface area contributed by atoms with Crippen LogP contribution in [0, 0.1) is 0 Å².